The van der Waals surface area contributed by atoms with E-state index in [4.69, 9.17) is 0 Å². The quantitative estimate of drug-likeness (QED) is 0.843. The number of carbonyl (C=O) groups excluding carboxylic acids is 2. The summed E-state index contributed by atoms with van der Waals surface area (Å²) in [6.45, 7) is 9.15. The summed E-state index contributed by atoms with van der Waals surface area (Å²) in [5.74, 6) is -0.705. The molecule has 5 nitrogen and oxygen atoms in total. The van der Waals surface area contributed by atoms with Crippen LogP contribution in [-0.4, -0.2) is 21.9 Å². The lowest BCUT2D eigenvalue weighted by molar-refractivity contribution is 0.0914. The minimum atomic E-state index is -0.326. The van der Waals surface area contributed by atoms with Crippen LogP contribution in [0.15, 0.2) is 12.1 Å². The molecule has 3 rings (SSSR count). The molecule has 2 aromatic rings. The van der Waals surface area contributed by atoms with Crippen LogP contribution >= 0.6 is 0 Å². The Hall–Kier alpha value is -2.63. The Morgan fingerprint density at radius 3 is 2.41 bits per heavy atom. The minimum Gasteiger partial charge on any atom is -0.347 e. The van der Waals surface area contributed by atoms with Gasteiger partial charge in [0.2, 0.25) is 0 Å². The molecule has 6 heteroatoms. The molecule has 1 aromatic heterocycles. The largest absolute Gasteiger partial charge is 0.347 e. The monoisotopic (exact) mass is 371 g/mol. The third-order valence-electron chi connectivity index (χ3n) is 5.38. The van der Waals surface area contributed by atoms with Gasteiger partial charge in [0, 0.05) is 24.0 Å². The third-order valence-corrected chi connectivity index (χ3v) is 5.38. The number of amides is 2. The first-order valence-electron chi connectivity index (χ1n) is 9.10. The van der Waals surface area contributed by atoms with Crippen molar-refractivity contribution in [2.75, 3.05) is 5.32 Å². The van der Waals surface area contributed by atoms with Crippen molar-refractivity contribution in [3.05, 3.63) is 51.6 Å². The number of nitrogens with zero attached hydrogens (tertiary/aromatic N) is 1. The number of benzene rings is 1. The molecule has 0 bridgehead atoms. The van der Waals surface area contributed by atoms with Gasteiger partial charge in [-0.3, -0.25) is 9.59 Å². The summed E-state index contributed by atoms with van der Waals surface area (Å²) in [4.78, 5) is 25.8. The van der Waals surface area contributed by atoms with Crippen molar-refractivity contribution >= 4 is 17.5 Å². The number of halogens is 1. The van der Waals surface area contributed by atoms with Crippen molar-refractivity contribution < 1.29 is 14.0 Å². The van der Waals surface area contributed by atoms with E-state index < -0.39 is 0 Å². The highest BCUT2D eigenvalue weighted by atomic mass is 19.1. The van der Waals surface area contributed by atoms with Crippen molar-refractivity contribution in [1.29, 1.82) is 0 Å². The average Bonchev–Trinajstić information content (AvgIpc) is 2.74. The fourth-order valence-corrected chi connectivity index (χ4v) is 3.79. The zero-order valence-corrected chi connectivity index (χ0v) is 16.7. The summed E-state index contributed by atoms with van der Waals surface area (Å²) in [7, 11) is 1.79. The summed E-state index contributed by atoms with van der Waals surface area (Å²) in [5, 5.41) is 5.91. The van der Waals surface area contributed by atoms with E-state index >= 15 is 0 Å². The van der Waals surface area contributed by atoms with Gasteiger partial charge < -0.3 is 15.2 Å². The van der Waals surface area contributed by atoms with Crippen LogP contribution in [0.25, 0.3) is 0 Å². The number of nitrogens with one attached hydrogen (secondary N) is 2. The standard InChI is InChI=1S/C21H26FN3O2/c1-11-9-14(10-12(2)17(11)22)23-20(27)18-15-7-8-21(4,5)24-19(26)16(15)13(3)25(18)6/h9-10H,7-8H2,1-6H3,(H,23,27)(H,24,26). The Bertz CT molecular complexity index is 934. The lowest BCUT2D eigenvalue weighted by Gasteiger charge is -2.23. The molecule has 1 aliphatic heterocycles. The summed E-state index contributed by atoms with van der Waals surface area (Å²) < 4.78 is 15.6. The SMILES string of the molecule is Cc1cc(NC(=O)c2c3c(c(C)n2C)C(=O)NC(C)(C)CC3)cc(C)c1F. The van der Waals surface area contributed by atoms with Crippen molar-refractivity contribution in [3.8, 4) is 0 Å². The maximum absolute atomic E-state index is 13.9. The van der Waals surface area contributed by atoms with Crippen molar-refractivity contribution in [2.24, 2.45) is 7.05 Å². The van der Waals surface area contributed by atoms with E-state index in [2.05, 4.69) is 10.6 Å². The molecule has 0 atom stereocenters. The summed E-state index contributed by atoms with van der Waals surface area (Å²) in [6, 6.07) is 3.23. The van der Waals surface area contributed by atoms with Gasteiger partial charge in [-0.1, -0.05) is 0 Å². The maximum atomic E-state index is 13.9. The zero-order chi connectivity index (χ0) is 20.1. The highest BCUT2D eigenvalue weighted by molar-refractivity contribution is 6.08. The van der Waals surface area contributed by atoms with Gasteiger partial charge in [0.15, 0.2) is 0 Å². The molecule has 0 fully saturated rings. The molecule has 0 unspecified atom stereocenters. The molecular weight excluding hydrogens is 345 g/mol. The van der Waals surface area contributed by atoms with Gasteiger partial charge in [-0.15, -0.1) is 0 Å². The average molecular weight is 371 g/mol. The Morgan fingerprint density at radius 2 is 1.81 bits per heavy atom. The third kappa shape index (κ3) is 3.36. The maximum Gasteiger partial charge on any atom is 0.272 e. The number of anilines is 1. The molecule has 0 radical (unpaired) electrons. The Balaban J connectivity index is 2.02. The molecule has 0 aliphatic carbocycles. The van der Waals surface area contributed by atoms with Crippen molar-refractivity contribution in [3.63, 3.8) is 0 Å². The van der Waals surface area contributed by atoms with Crippen molar-refractivity contribution in [1.82, 2.24) is 9.88 Å². The molecule has 0 saturated carbocycles. The summed E-state index contributed by atoms with van der Waals surface area (Å²) >= 11 is 0. The Morgan fingerprint density at radius 1 is 1.22 bits per heavy atom. The number of fused-ring (bicyclic) bond motifs is 1. The van der Waals surface area contributed by atoms with E-state index in [0.29, 0.717) is 34.5 Å². The predicted molar refractivity (Wildman–Crippen MR) is 104 cm³/mol. The normalized spacial score (nSPS) is 15.7. The van der Waals surface area contributed by atoms with E-state index in [1.807, 2.05) is 20.8 Å². The molecule has 2 heterocycles. The molecule has 1 aromatic carbocycles. The summed E-state index contributed by atoms with van der Waals surface area (Å²) in [6.07, 6.45) is 1.37. The van der Waals surface area contributed by atoms with Crippen LogP contribution in [0.2, 0.25) is 0 Å². The number of hydrogen-bond acceptors (Lipinski definition) is 2. The first-order valence-corrected chi connectivity index (χ1v) is 9.10. The molecular formula is C21H26FN3O2. The second-order valence-electron chi connectivity index (χ2n) is 8.06. The minimum absolute atomic E-state index is 0.145. The van der Waals surface area contributed by atoms with Gasteiger partial charge in [0.25, 0.3) is 11.8 Å². The van der Waals surface area contributed by atoms with Gasteiger partial charge in [0.1, 0.15) is 11.5 Å². The smallest absolute Gasteiger partial charge is 0.272 e. The highest BCUT2D eigenvalue weighted by Gasteiger charge is 2.34. The van der Waals surface area contributed by atoms with E-state index in [9.17, 15) is 14.0 Å². The summed E-state index contributed by atoms with van der Waals surface area (Å²) in [5.41, 5.74) is 3.77. The fourth-order valence-electron chi connectivity index (χ4n) is 3.79. The van der Waals surface area contributed by atoms with Gasteiger partial charge in [-0.2, -0.15) is 0 Å². The van der Waals surface area contributed by atoms with Crippen LogP contribution in [0.3, 0.4) is 0 Å². The van der Waals surface area contributed by atoms with Crippen LogP contribution in [0.5, 0.6) is 0 Å². The van der Waals surface area contributed by atoms with Crippen LogP contribution in [0.4, 0.5) is 10.1 Å². The van der Waals surface area contributed by atoms with E-state index in [1.54, 1.807) is 37.6 Å². The molecule has 1 aliphatic rings. The first kappa shape index (κ1) is 19.1. The van der Waals surface area contributed by atoms with Crippen molar-refractivity contribution in [2.45, 2.75) is 53.0 Å². The molecule has 144 valence electrons. The highest BCUT2D eigenvalue weighted by Crippen LogP contribution is 2.30. The van der Waals surface area contributed by atoms with Crippen LogP contribution in [-0.2, 0) is 13.5 Å². The van der Waals surface area contributed by atoms with Crippen LogP contribution in [0.1, 0.15) is 63.5 Å². The fraction of sp³-hybridized carbons (Fsp3) is 0.429. The molecule has 2 N–H and O–H groups in total. The Kier molecular flexibility index (Phi) is 4.62. The van der Waals surface area contributed by atoms with E-state index in [1.165, 1.54) is 0 Å². The number of carbonyl (C=O) groups is 2. The number of rotatable bonds is 2. The Labute approximate surface area is 159 Å². The van der Waals surface area contributed by atoms with Gasteiger partial charge in [-0.25, -0.2) is 4.39 Å². The topological polar surface area (TPSA) is 63.1 Å². The predicted octanol–water partition coefficient (Wildman–Crippen LogP) is 3.80. The molecule has 0 saturated heterocycles. The molecule has 2 amide bonds. The van der Waals surface area contributed by atoms with Gasteiger partial charge >= 0.3 is 0 Å². The number of hydrogen-bond donors (Lipinski definition) is 2. The number of aryl methyl sites for hydroxylation is 2. The second kappa shape index (κ2) is 6.51. The lowest BCUT2D eigenvalue weighted by Crippen LogP contribution is -2.42. The molecule has 27 heavy (non-hydrogen) atoms. The van der Waals surface area contributed by atoms with Gasteiger partial charge in [0.05, 0.1) is 5.56 Å². The number of aromatic nitrogens is 1. The lowest BCUT2D eigenvalue weighted by atomic mass is 9.96. The first-order chi connectivity index (χ1) is 12.5. The van der Waals surface area contributed by atoms with Crippen LogP contribution in [0, 0.1) is 26.6 Å². The van der Waals surface area contributed by atoms with E-state index in [0.717, 1.165) is 17.7 Å². The van der Waals surface area contributed by atoms with Gasteiger partial charge in [-0.05, 0) is 76.3 Å². The van der Waals surface area contributed by atoms with E-state index in [-0.39, 0.29) is 23.2 Å². The van der Waals surface area contributed by atoms with Crippen LogP contribution < -0.4 is 10.6 Å². The zero-order valence-electron chi connectivity index (χ0n) is 16.7. The second-order valence-corrected chi connectivity index (χ2v) is 8.06. The molecule has 0 spiro atoms.